The highest BCUT2D eigenvalue weighted by molar-refractivity contribution is 5.89. The van der Waals surface area contributed by atoms with Gasteiger partial charge in [-0.15, -0.1) is 0 Å². The summed E-state index contributed by atoms with van der Waals surface area (Å²) in [7, 11) is 1.26. The fourth-order valence-electron chi connectivity index (χ4n) is 3.25. The third-order valence-corrected chi connectivity index (χ3v) is 4.92. The maximum Gasteiger partial charge on any atom is 0.408 e. The van der Waals surface area contributed by atoms with Gasteiger partial charge >= 0.3 is 18.2 Å². The standard InChI is InChI=1S/C26H41N3O7/c1-18(2)16-21(23(31)34-6)28-22(30)20(14-10-11-15-27-24(32)36-26(3,4)5)29-25(33)35-17-19-12-8-7-9-13-19/h7-9,12-13,18,20-21H,10-11,14-17H2,1-6H3,(H,27,32)(H,28,30)(H,29,33)/t20-,21-/m0/s1. The van der Waals surface area contributed by atoms with Crippen molar-refractivity contribution in [1.82, 2.24) is 16.0 Å². The highest BCUT2D eigenvalue weighted by Crippen LogP contribution is 2.10. The number of alkyl carbamates (subject to hydrolysis) is 2. The van der Waals surface area contributed by atoms with Gasteiger partial charge in [-0.3, -0.25) is 4.79 Å². The molecule has 0 spiro atoms. The van der Waals surface area contributed by atoms with Crippen LogP contribution in [-0.2, 0) is 30.4 Å². The summed E-state index contributed by atoms with van der Waals surface area (Å²) in [5, 5.41) is 7.95. The minimum Gasteiger partial charge on any atom is -0.467 e. The highest BCUT2D eigenvalue weighted by atomic mass is 16.6. The molecule has 2 atom stereocenters. The van der Waals surface area contributed by atoms with Crippen LogP contribution in [0.4, 0.5) is 9.59 Å². The monoisotopic (exact) mass is 507 g/mol. The number of hydrogen-bond donors (Lipinski definition) is 3. The van der Waals surface area contributed by atoms with E-state index < -0.39 is 41.7 Å². The molecule has 0 aliphatic rings. The van der Waals surface area contributed by atoms with Crippen LogP contribution in [0.1, 0.15) is 65.9 Å². The highest BCUT2D eigenvalue weighted by Gasteiger charge is 2.28. The van der Waals surface area contributed by atoms with Gasteiger partial charge in [0.25, 0.3) is 0 Å². The Morgan fingerprint density at radius 2 is 1.58 bits per heavy atom. The molecule has 0 unspecified atom stereocenters. The first-order valence-electron chi connectivity index (χ1n) is 12.2. The average molecular weight is 508 g/mol. The number of esters is 1. The van der Waals surface area contributed by atoms with E-state index in [0.717, 1.165) is 5.56 Å². The third-order valence-electron chi connectivity index (χ3n) is 4.92. The van der Waals surface area contributed by atoms with Gasteiger partial charge in [-0.2, -0.15) is 0 Å². The van der Waals surface area contributed by atoms with Crippen molar-refractivity contribution in [3.63, 3.8) is 0 Å². The van der Waals surface area contributed by atoms with Crippen LogP contribution in [0, 0.1) is 5.92 Å². The topological polar surface area (TPSA) is 132 Å². The number of nitrogens with one attached hydrogen (secondary N) is 3. The lowest BCUT2D eigenvalue weighted by Crippen LogP contribution is -2.52. The van der Waals surface area contributed by atoms with Crippen LogP contribution in [0.25, 0.3) is 0 Å². The van der Waals surface area contributed by atoms with Crippen molar-refractivity contribution in [3.8, 4) is 0 Å². The minimum absolute atomic E-state index is 0.0545. The molecule has 0 saturated carbocycles. The number of unbranched alkanes of at least 4 members (excludes halogenated alkanes) is 1. The van der Waals surface area contributed by atoms with E-state index in [1.165, 1.54) is 7.11 Å². The summed E-state index contributed by atoms with van der Waals surface area (Å²) >= 11 is 0. The Morgan fingerprint density at radius 3 is 2.17 bits per heavy atom. The molecule has 0 aromatic heterocycles. The van der Waals surface area contributed by atoms with Crippen LogP contribution in [-0.4, -0.2) is 55.4 Å². The van der Waals surface area contributed by atoms with Crippen LogP contribution in [0.3, 0.4) is 0 Å². The lowest BCUT2D eigenvalue weighted by atomic mass is 10.0. The molecule has 3 N–H and O–H groups in total. The molecular weight excluding hydrogens is 466 g/mol. The van der Waals surface area contributed by atoms with Crippen LogP contribution >= 0.6 is 0 Å². The van der Waals surface area contributed by atoms with E-state index in [9.17, 15) is 19.2 Å². The van der Waals surface area contributed by atoms with Gasteiger partial charge in [0.2, 0.25) is 5.91 Å². The van der Waals surface area contributed by atoms with Crippen molar-refractivity contribution in [2.24, 2.45) is 5.92 Å². The van der Waals surface area contributed by atoms with Crippen molar-refractivity contribution in [3.05, 3.63) is 35.9 Å². The zero-order valence-electron chi connectivity index (χ0n) is 22.2. The number of methoxy groups -OCH3 is 1. The second-order valence-electron chi connectivity index (χ2n) is 9.90. The van der Waals surface area contributed by atoms with Crippen LogP contribution in [0.5, 0.6) is 0 Å². The molecule has 3 amide bonds. The van der Waals surface area contributed by atoms with Crippen molar-refractivity contribution in [2.75, 3.05) is 13.7 Å². The molecule has 0 bridgehead atoms. The summed E-state index contributed by atoms with van der Waals surface area (Å²) in [6.45, 7) is 9.59. The Hall–Kier alpha value is -3.30. The van der Waals surface area contributed by atoms with E-state index in [-0.39, 0.29) is 18.9 Å². The Bertz CT molecular complexity index is 838. The van der Waals surface area contributed by atoms with Gasteiger partial charge in [-0.25, -0.2) is 14.4 Å². The van der Waals surface area contributed by atoms with Crippen LogP contribution in [0.2, 0.25) is 0 Å². The predicted molar refractivity (Wildman–Crippen MR) is 135 cm³/mol. The molecule has 10 heteroatoms. The van der Waals surface area contributed by atoms with Crippen molar-refractivity contribution >= 4 is 24.1 Å². The average Bonchev–Trinajstić information content (AvgIpc) is 2.80. The van der Waals surface area contributed by atoms with E-state index in [0.29, 0.717) is 25.8 Å². The summed E-state index contributed by atoms with van der Waals surface area (Å²) in [6.07, 6.45) is 0.468. The smallest absolute Gasteiger partial charge is 0.408 e. The molecule has 0 heterocycles. The number of benzene rings is 1. The number of ether oxygens (including phenoxy) is 3. The zero-order valence-corrected chi connectivity index (χ0v) is 22.2. The summed E-state index contributed by atoms with van der Waals surface area (Å²) in [4.78, 5) is 49.4. The van der Waals surface area contributed by atoms with Gasteiger partial charge in [0.1, 0.15) is 24.3 Å². The van der Waals surface area contributed by atoms with Gasteiger partial charge in [-0.05, 0) is 57.9 Å². The van der Waals surface area contributed by atoms with Crippen molar-refractivity contribution in [1.29, 1.82) is 0 Å². The molecular formula is C26H41N3O7. The molecule has 0 aliphatic carbocycles. The second kappa shape index (κ2) is 15.6. The van der Waals surface area contributed by atoms with Crippen molar-refractivity contribution < 1.29 is 33.4 Å². The first kappa shape index (κ1) is 30.7. The predicted octanol–water partition coefficient (Wildman–Crippen LogP) is 3.68. The Morgan fingerprint density at radius 1 is 0.917 bits per heavy atom. The van der Waals surface area contributed by atoms with Gasteiger partial charge in [0.05, 0.1) is 7.11 Å². The van der Waals surface area contributed by atoms with E-state index in [4.69, 9.17) is 14.2 Å². The first-order chi connectivity index (χ1) is 16.9. The molecule has 0 saturated heterocycles. The Kier molecular flexibility index (Phi) is 13.4. The number of amides is 3. The largest absolute Gasteiger partial charge is 0.467 e. The van der Waals surface area contributed by atoms with E-state index >= 15 is 0 Å². The van der Waals surface area contributed by atoms with E-state index in [1.54, 1.807) is 20.8 Å². The minimum atomic E-state index is -0.936. The zero-order chi connectivity index (χ0) is 27.1. The summed E-state index contributed by atoms with van der Waals surface area (Å²) in [6, 6.07) is 7.40. The van der Waals surface area contributed by atoms with E-state index in [1.807, 2.05) is 44.2 Å². The maximum atomic E-state index is 13.0. The van der Waals surface area contributed by atoms with Crippen LogP contribution in [0.15, 0.2) is 30.3 Å². The van der Waals surface area contributed by atoms with Gasteiger partial charge in [0, 0.05) is 6.54 Å². The molecule has 36 heavy (non-hydrogen) atoms. The number of rotatable bonds is 13. The molecule has 202 valence electrons. The molecule has 1 aromatic carbocycles. The normalized spacial score (nSPS) is 12.8. The number of carbonyl (C=O) groups is 4. The molecule has 10 nitrogen and oxygen atoms in total. The van der Waals surface area contributed by atoms with Gasteiger partial charge < -0.3 is 30.2 Å². The summed E-state index contributed by atoms with van der Waals surface area (Å²) in [5.74, 6) is -0.928. The first-order valence-corrected chi connectivity index (χ1v) is 12.2. The SMILES string of the molecule is COC(=O)[C@H](CC(C)C)NC(=O)[C@H](CCCCNC(=O)OC(C)(C)C)NC(=O)OCc1ccccc1. The quantitative estimate of drug-likeness (QED) is 0.211. The van der Waals surface area contributed by atoms with Gasteiger partial charge in [-0.1, -0.05) is 44.2 Å². The fourth-order valence-corrected chi connectivity index (χ4v) is 3.25. The van der Waals surface area contributed by atoms with Crippen molar-refractivity contribution in [2.45, 2.75) is 84.6 Å². The third kappa shape index (κ3) is 13.6. The summed E-state index contributed by atoms with van der Waals surface area (Å²) < 4.78 is 15.3. The Labute approximate surface area is 213 Å². The number of carbonyl (C=O) groups excluding carboxylic acids is 4. The molecule has 1 rings (SSSR count). The van der Waals surface area contributed by atoms with Gasteiger partial charge in [0.15, 0.2) is 0 Å². The summed E-state index contributed by atoms with van der Waals surface area (Å²) in [5.41, 5.74) is 0.216. The molecule has 0 radical (unpaired) electrons. The molecule has 0 aliphatic heterocycles. The lowest BCUT2D eigenvalue weighted by molar-refractivity contribution is -0.145. The lowest BCUT2D eigenvalue weighted by Gasteiger charge is -2.23. The number of hydrogen-bond acceptors (Lipinski definition) is 7. The Balaban J connectivity index is 2.72. The van der Waals surface area contributed by atoms with Crippen LogP contribution < -0.4 is 16.0 Å². The maximum absolute atomic E-state index is 13.0. The fraction of sp³-hybridized carbons (Fsp3) is 0.615. The molecule has 0 fully saturated rings. The van der Waals surface area contributed by atoms with E-state index in [2.05, 4.69) is 16.0 Å². The second-order valence-corrected chi connectivity index (χ2v) is 9.90. The molecule has 1 aromatic rings.